The monoisotopic (exact) mass is 812 g/mol. The van der Waals surface area contributed by atoms with Crippen molar-refractivity contribution in [2.45, 2.75) is 110 Å². The number of nitrogens with zero attached hydrogens (tertiary/aromatic N) is 2. The van der Waals surface area contributed by atoms with E-state index in [2.05, 4.69) is 29.5 Å². The average Bonchev–Trinajstić information content (AvgIpc) is 3.24. The van der Waals surface area contributed by atoms with E-state index < -0.39 is 28.7 Å². The van der Waals surface area contributed by atoms with Gasteiger partial charge < -0.3 is 29.6 Å². The lowest BCUT2D eigenvalue weighted by Crippen LogP contribution is -2.37. The van der Waals surface area contributed by atoms with E-state index in [0.717, 1.165) is 76.0 Å². The number of benzene rings is 3. The molecule has 4 rings (SSSR count). The number of para-hydroxylation sites is 2. The van der Waals surface area contributed by atoms with E-state index in [1.807, 2.05) is 60.7 Å². The number of hydrogen-bond acceptors (Lipinski definition) is 11. The normalized spacial score (nSPS) is 16.2. The first-order valence-electron chi connectivity index (χ1n) is 21.4. The quantitative estimate of drug-likeness (QED) is 0.0315. The van der Waals surface area contributed by atoms with E-state index in [0.29, 0.717) is 42.9 Å². The van der Waals surface area contributed by atoms with Crippen molar-refractivity contribution < 1.29 is 33.5 Å². The summed E-state index contributed by atoms with van der Waals surface area (Å²) in [6.45, 7) is 11.0. The van der Waals surface area contributed by atoms with Crippen LogP contribution in [-0.4, -0.2) is 74.2 Å². The van der Waals surface area contributed by atoms with Gasteiger partial charge in [-0.25, -0.2) is 4.79 Å². The van der Waals surface area contributed by atoms with Gasteiger partial charge in [0.15, 0.2) is 0 Å². The van der Waals surface area contributed by atoms with Crippen molar-refractivity contribution in [2.75, 3.05) is 39.4 Å². The van der Waals surface area contributed by atoms with Crippen LogP contribution in [0.15, 0.2) is 101 Å². The zero-order chi connectivity index (χ0) is 42.2. The number of nitro benzene ring substituents is 1. The summed E-state index contributed by atoms with van der Waals surface area (Å²) >= 11 is 0. The highest BCUT2D eigenvalue weighted by Crippen LogP contribution is 2.41. The minimum Gasteiger partial charge on any atom is -0.489 e. The number of ether oxygens (including phenoxy) is 4. The number of nitrogens with one attached hydrogen (secondary N) is 2. The van der Waals surface area contributed by atoms with Crippen LogP contribution in [-0.2, 0) is 19.1 Å². The summed E-state index contributed by atoms with van der Waals surface area (Å²) in [5.41, 5.74) is 1.38. The highest BCUT2D eigenvalue weighted by atomic mass is 16.6. The smallest absolute Gasteiger partial charge is 0.336 e. The third-order valence-electron chi connectivity index (χ3n) is 10.3. The van der Waals surface area contributed by atoms with Gasteiger partial charge in [-0.2, -0.15) is 0 Å². The van der Waals surface area contributed by atoms with Gasteiger partial charge in [0.05, 0.1) is 23.7 Å². The van der Waals surface area contributed by atoms with Crippen LogP contribution in [0.1, 0.15) is 103 Å². The summed E-state index contributed by atoms with van der Waals surface area (Å²) in [4.78, 5) is 43.6. The summed E-state index contributed by atoms with van der Waals surface area (Å²) < 4.78 is 24.0. The third-order valence-corrected chi connectivity index (χ3v) is 10.3. The lowest BCUT2D eigenvalue weighted by molar-refractivity contribution is -0.384. The molecule has 1 aliphatic rings. The Morgan fingerprint density at radius 3 is 1.80 bits per heavy atom. The van der Waals surface area contributed by atoms with Crippen LogP contribution < -0.4 is 20.1 Å². The molecule has 3 aromatic rings. The minimum absolute atomic E-state index is 0.0573. The van der Waals surface area contributed by atoms with Gasteiger partial charge in [-0.05, 0) is 108 Å². The van der Waals surface area contributed by atoms with E-state index in [9.17, 15) is 19.7 Å². The molecule has 2 N–H and O–H groups in total. The van der Waals surface area contributed by atoms with Gasteiger partial charge >= 0.3 is 11.9 Å². The van der Waals surface area contributed by atoms with Crippen LogP contribution in [0.2, 0.25) is 0 Å². The van der Waals surface area contributed by atoms with Crippen LogP contribution in [0.25, 0.3) is 0 Å². The number of rotatable bonds is 28. The largest absolute Gasteiger partial charge is 0.489 e. The maximum Gasteiger partial charge on any atom is 0.336 e. The summed E-state index contributed by atoms with van der Waals surface area (Å²) in [5.74, 6) is -1.26. The molecule has 0 saturated carbocycles. The molecular weight excluding hydrogens is 749 g/mol. The molecule has 3 aromatic carbocycles. The zero-order valence-electron chi connectivity index (χ0n) is 35.4. The number of aliphatic imine (C=N–C) groups is 1. The van der Waals surface area contributed by atoms with E-state index >= 15 is 0 Å². The van der Waals surface area contributed by atoms with E-state index in [4.69, 9.17) is 18.9 Å². The number of unbranched alkanes of at least 4 members (excludes halogenated alkanes) is 4. The molecule has 0 aromatic heterocycles. The van der Waals surface area contributed by atoms with Crippen LogP contribution in [0, 0.1) is 16.0 Å². The third kappa shape index (κ3) is 15.9. The fourth-order valence-corrected chi connectivity index (χ4v) is 7.19. The molecule has 4 unspecified atom stereocenters. The molecule has 320 valence electrons. The van der Waals surface area contributed by atoms with Gasteiger partial charge in [0.2, 0.25) is 0 Å². The van der Waals surface area contributed by atoms with Gasteiger partial charge in [0, 0.05) is 42.5 Å². The summed E-state index contributed by atoms with van der Waals surface area (Å²) in [5, 5.41) is 18.8. The lowest BCUT2D eigenvalue weighted by atomic mass is 9.75. The van der Waals surface area contributed by atoms with E-state index in [1.54, 1.807) is 26.0 Å². The number of nitro groups is 1. The first kappa shape index (κ1) is 46.6. The molecule has 4 atom stereocenters. The SMILES string of the molecule is CCCCC(CNCCCCOC(=O)C1=C(C)N=C(C)C(C(=O)OCCCCNCC(CCCC)Oc2ccccc2)C1c1cccc([N+](=O)[O-])c1)Oc1ccccc1. The predicted molar refractivity (Wildman–Crippen MR) is 232 cm³/mol. The van der Waals surface area contributed by atoms with Crippen molar-refractivity contribution in [3.8, 4) is 11.5 Å². The molecular formula is C47H64N4O8. The lowest BCUT2D eigenvalue weighted by Gasteiger charge is -2.31. The minimum atomic E-state index is -0.959. The molecule has 0 saturated heterocycles. The Bertz CT molecular complexity index is 1780. The molecule has 0 bridgehead atoms. The molecule has 1 heterocycles. The highest BCUT2D eigenvalue weighted by molar-refractivity contribution is 6.07. The van der Waals surface area contributed by atoms with Crippen molar-refractivity contribution >= 4 is 23.3 Å². The van der Waals surface area contributed by atoms with Crippen LogP contribution in [0.4, 0.5) is 5.69 Å². The van der Waals surface area contributed by atoms with Crippen molar-refractivity contribution in [3.05, 3.63) is 112 Å². The maximum atomic E-state index is 13.8. The predicted octanol–water partition coefficient (Wildman–Crippen LogP) is 9.14. The molecule has 0 amide bonds. The maximum absolute atomic E-state index is 13.8. The Hall–Kier alpha value is -5.07. The first-order chi connectivity index (χ1) is 28.7. The van der Waals surface area contributed by atoms with E-state index in [-0.39, 0.29) is 36.7 Å². The Kier molecular flexibility index (Phi) is 20.6. The van der Waals surface area contributed by atoms with E-state index in [1.165, 1.54) is 12.1 Å². The van der Waals surface area contributed by atoms with Gasteiger partial charge in [0.1, 0.15) is 29.6 Å². The Labute approximate surface area is 350 Å². The van der Waals surface area contributed by atoms with Crippen molar-refractivity contribution in [3.63, 3.8) is 0 Å². The van der Waals surface area contributed by atoms with Crippen LogP contribution in [0.3, 0.4) is 0 Å². The Balaban J connectivity index is 1.30. The van der Waals surface area contributed by atoms with Crippen molar-refractivity contribution in [1.82, 2.24) is 10.6 Å². The average molecular weight is 813 g/mol. The summed E-state index contributed by atoms with van der Waals surface area (Å²) in [6, 6.07) is 25.7. The number of hydrogen-bond donors (Lipinski definition) is 2. The topological polar surface area (TPSA) is 151 Å². The number of carbonyl (C=O) groups is 2. The second kappa shape index (κ2) is 26.1. The Morgan fingerprint density at radius 1 is 0.729 bits per heavy atom. The van der Waals surface area contributed by atoms with Crippen LogP contribution >= 0.6 is 0 Å². The van der Waals surface area contributed by atoms with Crippen LogP contribution in [0.5, 0.6) is 11.5 Å². The number of carbonyl (C=O) groups excluding carboxylic acids is 2. The molecule has 0 radical (unpaired) electrons. The van der Waals surface area contributed by atoms with Crippen molar-refractivity contribution in [2.24, 2.45) is 10.9 Å². The second-order valence-electron chi connectivity index (χ2n) is 15.1. The number of esters is 2. The summed E-state index contributed by atoms with van der Waals surface area (Å²) in [7, 11) is 0. The number of allylic oxidation sites excluding steroid dienone is 1. The van der Waals surface area contributed by atoms with Gasteiger partial charge in [-0.3, -0.25) is 19.9 Å². The van der Waals surface area contributed by atoms with Gasteiger partial charge in [-0.1, -0.05) is 75.2 Å². The molecule has 12 heteroatoms. The number of non-ortho nitro benzene ring substituents is 1. The molecule has 0 spiro atoms. The zero-order valence-corrected chi connectivity index (χ0v) is 35.4. The van der Waals surface area contributed by atoms with Gasteiger partial charge in [-0.15, -0.1) is 0 Å². The first-order valence-corrected chi connectivity index (χ1v) is 21.4. The molecule has 1 aliphatic heterocycles. The second-order valence-corrected chi connectivity index (χ2v) is 15.1. The molecule has 12 nitrogen and oxygen atoms in total. The van der Waals surface area contributed by atoms with Crippen molar-refractivity contribution in [1.29, 1.82) is 0 Å². The highest BCUT2D eigenvalue weighted by Gasteiger charge is 2.43. The fourth-order valence-electron chi connectivity index (χ4n) is 7.19. The Morgan fingerprint density at radius 2 is 1.27 bits per heavy atom. The molecule has 0 fully saturated rings. The summed E-state index contributed by atoms with van der Waals surface area (Å²) in [6.07, 6.45) is 9.16. The molecule has 0 aliphatic carbocycles. The molecule has 59 heavy (non-hydrogen) atoms. The van der Waals surface area contributed by atoms with Gasteiger partial charge in [0.25, 0.3) is 5.69 Å². The fraction of sp³-hybridized carbons (Fsp3) is 0.511. The standard InChI is InChI=1S/C47H64N4O8/c1-5-7-22-41(58-39-24-11-9-12-25-39)33-48-28-15-17-30-56-46(52)43-35(3)50-36(4)44(45(43)37-20-19-21-38(32-37)51(54)55)47(53)57-31-18-16-29-49-34-42(23-8-6-2)59-40-26-13-10-14-27-40/h9-14,19-21,24-27,32,41-43,45,48-49H,5-8,15-18,22-23,28-31,33-34H2,1-4H3.